The van der Waals surface area contributed by atoms with Crippen LogP contribution in [0.25, 0.3) is 33.1 Å². The summed E-state index contributed by atoms with van der Waals surface area (Å²) in [6, 6.07) is 12.6. The van der Waals surface area contributed by atoms with Gasteiger partial charge in [-0.25, -0.2) is 26.7 Å². The monoisotopic (exact) mass is 623 g/mol. The Morgan fingerprint density at radius 3 is 2.64 bits per heavy atom. The molecule has 4 aromatic rings. The summed E-state index contributed by atoms with van der Waals surface area (Å²) in [5, 5.41) is 1.36. The predicted molar refractivity (Wildman–Crippen MR) is 155 cm³/mol. The predicted octanol–water partition coefficient (Wildman–Crippen LogP) is 5.07. The lowest BCUT2D eigenvalue weighted by Gasteiger charge is -2.22. The van der Waals surface area contributed by atoms with Gasteiger partial charge in [-0.15, -0.1) is 0 Å². The van der Waals surface area contributed by atoms with Crippen LogP contribution in [-0.2, 0) is 18.9 Å². The number of aromatic amines is 1. The fourth-order valence-corrected chi connectivity index (χ4v) is 7.01. The lowest BCUT2D eigenvalue weighted by Crippen LogP contribution is -2.33. The number of fused-ring (bicyclic) bond motifs is 3. The quantitative estimate of drug-likeness (QED) is 0.130. The van der Waals surface area contributed by atoms with Crippen molar-refractivity contribution < 1.29 is 40.8 Å². The lowest BCUT2D eigenvalue weighted by atomic mass is 9.99. The first-order valence-corrected chi connectivity index (χ1v) is 16.6. The number of rotatable bonds is 14. The average molecular weight is 624 g/mol. The number of benzene rings is 2. The minimum absolute atomic E-state index is 0.0725. The van der Waals surface area contributed by atoms with E-state index >= 15 is 0 Å². The van der Waals surface area contributed by atoms with Crippen LogP contribution in [0.2, 0.25) is 0 Å². The fraction of sp³-hybridized carbons (Fsp3) is 0.393. The molecule has 14 heteroatoms. The zero-order valence-electron chi connectivity index (χ0n) is 22.9. The molecule has 2 aromatic carbocycles. The van der Waals surface area contributed by atoms with Crippen molar-refractivity contribution in [1.82, 2.24) is 14.9 Å². The maximum absolute atomic E-state index is 13.0. The lowest BCUT2D eigenvalue weighted by molar-refractivity contribution is 0.0740. The van der Waals surface area contributed by atoms with E-state index in [9.17, 15) is 21.8 Å². The Morgan fingerprint density at radius 1 is 1.14 bits per heavy atom. The van der Waals surface area contributed by atoms with Crippen molar-refractivity contribution in [3.05, 3.63) is 54.2 Å². The minimum Gasteiger partial charge on any atom is -0.491 e. The summed E-state index contributed by atoms with van der Waals surface area (Å²) in [6.07, 6.45) is 0.849. The second kappa shape index (κ2) is 12.4. The van der Waals surface area contributed by atoms with E-state index < -0.39 is 30.6 Å². The van der Waals surface area contributed by atoms with Crippen LogP contribution in [0.5, 0.6) is 5.75 Å². The van der Waals surface area contributed by atoms with Gasteiger partial charge >= 0.3 is 7.82 Å². The number of nitrogens with zero attached hydrogens (tertiary/aromatic N) is 2. The standard InChI is InChI=1S/C28H32F2N3O7PS/c1-18-14-23-26-22(19-4-2-5-21(15-19)42(37,38)20-6-7-20)8-9-24(27(26)32-28(23)31-16-18)39-12-3-10-33(17-25(29)30)11-13-40-41(34,35)36/h2,4-5,8-9,14-16,20,25H,3,6-7,10-13,17H2,1H3,(H,31,32)(H2,34,35,36). The molecule has 1 aliphatic carbocycles. The van der Waals surface area contributed by atoms with Crippen molar-refractivity contribution in [2.45, 2.75) is 42.8 Å². The van der Waals surface area contributed by atoms with Crippen molar-refractivity contribution in [1.29, 1.82) is 0 Å². The molecule has 2 heterocycles. The summed E-state index contributed by atoms with van der Waals surface area (Å²) in [7, 11) is -8.06. The van der Waals surface area contributed by atoms with Crippen LogP contribution in [0, 0.1) is 6.92 Å². The van der Waals surface area contributed by atoms with Crippen molar-refractivity contribution in [3.63, 3.8) is 0 Å². The Morgan fingerprint density at radius 2 is 1.93 bits per heavy atom. The zero-order valence-corrected chi connectivity index (χ0v) is 24.6. The molecule has 3 N–H and O–H groups in total. The molecular formula is C28H32F2N3O7PS. The molecule has 0 atom stereocenters. The highest BCUT2D eigenvalue weighted by molar-refractivity contribution is 7.92. The Bertz CT molecular complexity index is 1740. The summed E-state index contributed by atoms with van der Waals surface area (Å²) in [5.74, 6) is 0.524. The SMILES string of the molecule is Cc1cnc2[nH]c3c(OCCCN(CCOP(=O)(O)O)CC(F)F)ccc(-c4cccc(S(=O)(=O)C5CC5)c4)c3c2c1. The molecule has 42 heavy (non-hydrogen) atoms. The molecule has 1 saturated carbocycles. The van der Waals surface area contributed by atoms with Crippen molar-refractivity contribution in [2.75, 3.05) is 32.8 Å². The summed E-state index contributed by atoms with van der Waals surface area (Å²) < 4.78 is 73.3. The number of hydrogen-bond acceptors (Lipinski definition) is 7. The number of ether oxygens (including phenoxy) is 1. The molecule has 1 aliphatic rings. The molecule has 0 radical (unpaired) electrons. The molecule has 5 rings (SSSR count). The van der Waals surface area contributed by atoms with Crippen LogP contribution in [0.3, 0.4) is 0 Å². The molecule has 2 aromatic heterocycles. The zero-order chi connectivity index (χ0) is 30.1. The van der Waals surface area contributed by atoms with Gasteiger partial charge in [0.1, 0.15) is 11.4 Å². The Hall–Kier alpha value is -2.93. The topological polar surface area (TPSA) is 142 Å². The molecule has 0 saturated heterocycles. The van der Waals surface area contributed by atoms with E-state index in [0.717, 1.165) is 27.5 Å². The maximum atomic E-state index is 13.0. The highest BCUT2D eigenvalue weighted by Gasteiger charge is 2.37. The number of phosphoric ester groups is 1. The first kappa shape index (κ1) is 30.5. The van der Waals surface area contributed by atoms with Gasteiger partial charge in [-0.05, 0) is 73.2 Å². The second-order valence-corrected chi connectivity index (χ2v) is 13.9. The molecule has 1 fully saturated rings. The number of aromatic nitrogens is 2. The van der Waals surface area contributed by atoms with Gasteiger partial charge in [-0.2, -0.15) is 0 Å². The second-order valence-electron chi connectivity index (χ2n) is 10.4. The number of nitrogens with one attached hydrogen (secondary N) is 1. The van der Waals surface area contributed by atoms with Gasteiger partial charge in [0.15, 0.2) is 9.84 Å². The number of H-pyrrole nitrogens is 1. The van der Waals surface area contributed by atoms with Gasteiger partial charge in [-0.1, -0.05) is 12.1 Å². The number of pyridine rings is 1. The molecule has 0 unspecified atom stereocenters. The largest absolute Gasteiger partial charge is 0.491 e. The average Bonchev–Trinajstić information content (AvgIpc) is 3.72. The van der Waals surface area contributed by atoms with Gasteiger partial charge in [0, 0.05) is 30.1 Å². The van der Waals surface area contributed by atoms with Gasteiger partial charge < -0.3 is 19.5 Å². The van der Waals surface area contributed by atoms with E-state index in [0.29, 0.717) is 41.1 Å². The first-order chi connectivity index (χ1) is 19.9. The highest BCUT2D eigenvalue weighted by Crippen LogP contribution is 2.41. The minimum atomic E-state index is -4.68. The summed E-state index contributed by atoms with van der Waals surface area (Å²) in [6.45, 7) is 1.30. The van der Waals surface area contributed by atoms with E-state index in [1.165, 1.54) is 4.90 Å². The van der Waals surface area contributed by atoms with E-state index in [1.807, 2.05) is 25.1 Å². The number of halogens is 2. The number of phosphoric acid groups is 1. The first-order valence-electron chi connectivity index (χ1n) is 13.5. The van der Waals surface area contributed by atoms with Crippen LogP contribution in [0.1, 0.15) is 24.8 Å². The van der Waals surface area contributed by atoms with Crippen molar-refractivity contribution in [3.8, 4) is 16.9 Å². The molecule has 0 aliphatic heterocycles. The molecule has 0 bridgehead atoms. The van der Waals surface area contributed by atoms with Crippen molar-refractivity contribution in [2.24, 2.45) is 0 Å². The molecule has 0 amide bonds. The smallest absolute Gasteiger partial charge is 0.469 e. The van der Waals surface area contributed by atoms with E-state index in [2.05, 4.69) is 14.5 Å². The Labute approximate surface area is 241 Å². The highest BCUT2D eigenvalue weighted by atomic mass is 32.2. The van der Waals surface area contributed by atoms with Gasteiger partial charge in [-0.3, -0.25) is 9.42 Å². The summed E-state index contributed by atoms with van der Waals surface area (Å²) in [5.41, 5.74) is 3.83. The maximum Gasteiger partial charge on any atom is 0.469 e. The fourth-order valence-electron chi connectivity index (χ4n) is 4.99. The number of alkyl halides is 2. The Balaban J connectivity index is 1.39. The van der Waals surface area contributed by atoms with Gasteiger partial charge in [0.05, 0.1) is 35.4 Å². The summed E-state index contributed by atoms with van der Waals surface area (Å²) in [4.78, 5) is 27.2. The van der Waals surface area contributed by atoms with Crippen molar-refractivity contribution >= 4 is 39.6 Å². The van der Waals surface area contributed by atoms with E-state index in [4.69, 9.17) is 14.5 Å². The van der Waals surface area contributed by atoms with Crippen LogP contribution < -0.4 is 4.74 Å². The summed E-state index contributed by atoms with van der Waals surface area (Å²) >= 11 is 0. The van der Waals surface area contributed by atoms with Crippen LogP contribution >= 0.6 is 7.82 Å². The van der Waals surface area contributed by atoms with Crippen LogP contribution in [-0.4, -0.2) is 77.6 Å². The Kier molecular flexibility index (Phi) is 8.98. The third-order valence-corrected chi connectivity index (χ3v) is 9.86. The molecule has 0 spiro atoms. The number of aryl methyl sites for hydroxylation is 1. The van der Waals surface area contributed by atoms with E-state index in [-0.39, 0.29) is 31.6 Å². The third-order valence-electron chi connectivity index (χ3n) is 7.08. The van der Waals surface area contributed by atoms with Crippen LogP contribution in [0.15, 0.2) is 53.6 Å². The number of hydrogen-bond donors (Lipinski definition) is 3. The normalized spacial score (nSPS) is 14.5. The van der Waals surface area contributed by atoms with Crippen LogP contribution in [0.4, 0.5) is 8.78 Å². The number of sulfone groups is 1. The van der Waals surface area contributed by atoms with E-state index in [1.54, 1.807) is 30.5 Å². The third kappa shape index (κ3) is 7.16. The van der Waals surface area contributed by atoms with Gasteiger partial charge in [0.2, 0.25) is 0 Å². The molecular weight excluding hydrogens is 591 g/mol. The van der Waals surface area contributed by atoms with Gasteiger partial charge in [0.25, 0.3) is 6.43 Å². The molecule has 10 nitrogen and oxygen atoms in total. The molecule has 226 valence electrons.